The van der Waals surface area contributed by atoms with Gasteiger partial charge in [0.1, 0.15) is 5.54 Å². The van der Waals surface area contributed by atoms with Crippen LogP contribution in [0.2, 0.25) is 0 Å². The van der Waals surface area contributed by atoms with Crippen LogP contribution in [0.1, 0.15) is 19.8 Å². The number of anilines is 1. The zero-order valence-electron chi connectivity index (χ0n) is 11.6. The maximum Gasteiger partial charge on any atom is 0.409 e. The SMILES string of the molecule is CCOC(=O)N1CCC(C#N)(Nc2ccccc2)CC1. The second-order valence-corrected chi connectivity index (χ2v) is 4.87. The molecule has 0 unspecified atom stereocenters. The van der Waals surface area contributed by atoms with Gasteiger partial charge in [-0.05, 0) is 19.1 Å². The van der Waals surface area contributed by atoms with E-state index in [1.807, 2.05) is 30.3 Å². The molecule has 0 aliphatic carbocycles. The van der Waals surface area contributed by atoms with Crippen molar-refractivity contribution in [3.63, 3.8) is 0 Å². The summed E-state index contributed by atoms with van der Waals surface area (Å²) in [6.07, 6.45) is 0.896. The minimum Gasteiger partial charge on any atom is -0.450 e. The predicted octanol–water partition coefficient (Wildman–Crippen LogP) is 2.61. The van der Waals surface area contributed by atoms with Crippen molar-refractivity contribution in [2.75, 3.05) is 25.0 Å². The minimum absolute atomic E-state index is 0.293. The Bertz CT molecular complexity index is 488. The highest BCUT2D eigenvalue weighted by atomic mass is 16.6. The molecule has 0 atom stereocenters. The van der Waals surface area contributed by atoms with E-state index in [2.05, 4.69) is 11.4 Å². The van der Waals surface area contributed by atoms with Crippen molar-refractivity contribution in [2.45, 2.75) is 25.3 Å². The number of likely N-dealkylation sites (tertiary alicyclic amines) is 1. The molecule has 1 heterocycles. The van der Waals surface area contributed by atoms with Gasteiger partial charge >= 0.3 is 6.09 Å². The number of nitrogens with zero attached hydrogens (tertiary/aromatic N) is 2. The van der Waals surface area contributed by atoms with E-state index in [0.29, 0.717) is 32.5 Å². The number of benzene rings is 1. The summed E-state index contributed by atoms with van der Waals surface area (Å²) in [6.45, 7) is 3.23. The van der Waals surface area contributed by atoms with Crippen molar-refractivity contribution in [1.29, 1.82) is 5.26 Å². The van der Waals surface area contributed by atoms with Crippen LogP contribution < -0.4 is 5.32 Å². The molecule has 0 spiro atoms. The third-order valence-corrected chi connectivity index (χ3v) is 3.51. The second kappa shape index (κ2) is 6.29. The average Bonchev–Trinajstić information content (AvgIpc) is 2.49. The van der Waals surface area contributed by atoms with Crippen molar-refractivity contribution in [1.82, 2.24) is 4.90 Å². The Labute approximate surface area is 119 Å². The van der Waals surface area contributed by atoms with E-state index in [4.69, 9.17) is 4.74 Å². The van der Waals surface area contributed by atoms with Crippen LogP contribution in [0.15, 0.2) is 30.3 Å². The number of nitrogens with one attached hydrogen (secondary N) is 1. The minimum atomic E-state index is -0.607. The summed E-state index contributed by atoms with van der Waals surface area (Å²) in [5.74, 6) is 0. The number of para-hydroxylation sites is 1. The number of hydrogen-bond acceptors (Lipinski definition) is 4. The van der Waals surface area contributed by atoms with Crippen LogP contribution in [0.3, 0.4) is 0 Å². The first-order valence-corrected chi connectivity index (χ1v) is 6.85. The van der Waals surface area contributed by atoms with E-state index in [1.165, 1.54) is 0 Å². The van der Waals surface area contributed by atoms with Crippen LogP contribution in [0.25, 0.3) is 0 Å². The molecular formula is C15H19N3O2. The van der Waals surface area contributed by atoms with Gasteiger partial charge in [0.05, 0.1) is 12.7 Å². The zero-order chi connectivity index (χ0) is 14.4. The molecule has 1 aliphatic heterocycles. The summed E-state index contributed by atoms with van der Waals surface area (Å²) in [5.41, 5.74) is 0.322. The van der Waals surface area contributed by atoms with Crippen LogP contribution in [0.5, 0.6) is 0 Å². The third-order valence-electron chi connectivity index (χ3n) is 3.51. The number of carbonyl (C=O) groups excluding carboxylic acids is 1. The molecule has 2 rings (SSSR count). The molecule has 0 saturated carbocycles. The molecule has 1 saturated heterocycles. The quantitative estimate of drug-likeness (QED) is 0.919. The molecule has 1 aromatic carbocycles. The van der Waals surface area contributed by atoms with Gasteiger partial charge in [0.25, 0.3) is 0 Å². The molecule has 1 N–H and O–H groups in total. The molecule has 1 aromatic rings. The predicted molar refractivity (Wildman–Crippen MR) is 76.2 cm³/mol. The first-order valence-electron chi connectivity index (χ1n) is 6.85. The number of ether oxygens (including phenoxy) is 1. The lowest BCUT2D eigenvalue weighted by atomic mass is 9.89. The fourth-order valence-electron chi connectivity index (χ4n) is 2.35. The van der Waals surface area contributed by atoms with Crippen LogP contribution in [-0.4, -0.2) is 36.2 Å². The van der Waals surface area contributed by atoms with Crippen LogP contribution in [0, 0.1) is 11.3 Å². The number of nitriles is 1. The van der Waals surface area contributed by atoms with Gasteiger partial charge in [0.2, 0.25) is 0 Å². The number of piperidine rings is 1. The number of amides is 1. The Morgan fingerprint density at radius 1 is 1.40 bits per heavy atom. The lowest BCUT2D eigenvalue weighted by molar-refractivity contribution is 0.0944. The smallest absolute Gasteiger partial charge is 0.409 e. The molecule has 0 bridgehead atoms. The fraction of sp³-hybridized carbons (Fsp3) is 0.467. The van der Waals surface area contributed by atoms with Crippen molar-refractivity contribution < 1.29 is 9.53 Å². The zero-order valence-corrected chi connectivity index (χ0v) is 11.6. The van der Waals surface area contributed by atoms with Gasteiger partial charge in [-0.3, -0.25) is 0 Å². The summed E-state index contributed by atoms with van der Waals surface area (Å²) < 4.78 is 4.99. The van der Waals surface area contributed by atoms with Crippen LogP contribution >= 0.6 is 0 Å². The molecule has 20 heavy (non-hydrogen) atoms. The summed E-state index contributed by atoms with van der Waals surface area (Å²) in [4.78, 5) is 13.3. The highest BCUT2D eigenvalue weighted by Gasteiger charge is 2.36. The number of rotatable bonds is 3. The van der Waals surface area contributed by atoms with E-state index in [9.17, 15) is 10.1 Å². The Hall–Kier alpha value is -2.22. The highest BCUT2D eigenvalue weighted by molar-refractivity contribution is 5.68. The lowest BCUT2D eigenvalue weighted by Gasteiger charge is -2.37. The first-order chi connectivity index (χ1) is 9.69. The maximum absolute atomic E-state index is 11.7. The van der Waals surface area contributed by atoms with Crippen LogP contribution in [0.4, 0.5) is 10.5 Å². The Morgan fingerprint density at radius 2 is 2.05 bits per heavy atom. The summed E-state index contributed by atoms with van der Waals surface area (Å²) in [7, 11) is 0. The van der Waals surface area contributed by atoms with Gasteiger partial charge in [-0.25, -0.2) is 4.79 Å². The molecule has 0 aromatic heterocycles. The maximum atomic E-state index is 11.7. The molecule has 5 nitrogen and oxygen atoms in total. The fourth-order valence-corrected chi connectivity index (χ4v) is 2.35. The van der Waals surface area contributed by atoms with E-state index in [1.54, 1.807) is 11.8 Å². The Kier molecular flexibility index (Phi) is 4.46. The number of hydrogen-bond donors (Lipinski definition) is 1. The van der Waals surface area contributed by atoms with E-state index in [0.717, 1.165) is 5.69 Å². The van der Waals surface area contributed by atoms with Crippen molar-refractivity contribution in [3.05, 3.63) is 30.3 Å². The first kappa shape index (κ1) is 14.2. The molecule has 1 amide bonds. The Balaban J connectivity index is 1.98. The summed E-state index contributed by atoms with van der Waals surface area (Å²) >= 11 is 0. The Morgan fingerprint density at radius 3 is 2.60 bits per heavy atom. The highest BCUT2D eigenvalue weighted by Crippen LogP contribution is 2.26. The molecule has 1 aliphatic rings. The summed E-state index contributed by atoms with van der Waals surface area (Å²) in [5, 5.41) is 12.8. The number of carbonyl (C=O) groups is 1. The van der Waals surface area contributed by atoms with E-state index in [-0.39, 0.29) is 6.09 Å². The molecule has 1 fully saturated rings. The third kappa shape index (κ3) is 3.21. The van der Waals surface area contributed by atoms with Gasteiger partial charge in [-0.1, -0.05) is 18.2 Å². The van der Waals surface area contributed by atoms with E-state index >= 15 is 0 Å². The van der Waals surface area contributed by atoms with Gasteiger partial charge < -0.3 is 15.0 Å². The summed E-state index contributed by atoms with van der Waals surface area (Å²) in [6, 6.07) is 12.1. The molecule has 0 radical (unpaired) electrons. The molecule has 5 heteroatoms. The normalized spacial score (nSPS) is 17.1. The van der Waals surface area contributed by atoms with Crippen molar-refractivity contribution in [3.8, 4) is 6.07 Å². The van der Waals surface area contributed by atoms with Crippen molar-refractivity contribution in [2.24, 2.45) is 0 Å². The standard InChI is InChI=1S/C15H19N3O2/c1-2-20-14(19)18-10-8-15(12-16,9-11-18)17-13-6-4-3-5-7-13/h3-7,17H,2,8-11H2,1H3. The van der Waals surface area contributed by atoms with Crippen molar-refractivity contribution >= 4 is 11.8 Å². The monoisotopic (exact) mass is 273 g/mol. The lowest BCUT2D eigenvalue weighted by Crippen LogP contribution is -2.50. The largest absolute Gasteiger partial charge is 0.450 e. The van der Waals surface area contributed by atoms with Gasteiger partial charge in [0, 0.05) is 31.6 Å². The van der Waals surface area contributed by atoms with Crippen LogP contribution in [-0.2, 0) is 4.74 Å². The topological polar surface area (TPSA) is 65.4 Å². The van der Waals surface area contributed by atoms with Gasteiger partial charge in [0.15, 0.2) is 0 Å². The average molecular weight is 273 g/mol. The molecule has 106 valence electrons. The van der Waals surface area contributed by atoms with Gasteiger partial charge in [-0.15, -0.1) is 0 Å². The second-order valence-electron chi connectivity index (χ2n) is 4.87. The molecular weight excluding hydrogens is 254 g/mol. The van der Waals surface area contributed by atoms with Gasteiger partial charge in [-0.2, -0.15) is 5.26 Å². The van der Waals surface area contributed by atoms with E-state index < -0.39 is 5.54 Å².